The molecule has 16 heavy (non-hydrogen) atoms. The minimum absolute atomic E-state index is 0.258. The second-order valence-corrected chi connectivity index (χ2v) is 5.18. The predicted octanol–water partition coefficient (Wildman–Crippen LogP) is -0.0193. The van der Waals surface area contributed by atoms with Gasteiger partial charge in [-0.2, -0.15) is 0 Å². The highest BCUT2D eigenvalue weighted by molar-refractivity contribution is 5.83. The molecule has 6 nitrogen and oxygen atoms in total. The second-order valence-electron chi connectivity index (χ2n) is 5.18. The van der Waals surface area contributed by atoms with E-state index in [0.29, 0.717) is 13.0 Å². The van der Waals surface area contributed by atoms with Crippen molar-refractivity contribution in [2.75, 3.05) is 6.54 Å². The van der Waals surface area contributed by atoms with Crippen molar-refractivity contribution in [1.82, 2.24) is 10.2 Å². The molecule has 0 radical (unpaired) electrons. The standard InChI is InChI=1S/C10H19N3O3/c1-10(2,3)12-9(16)13-5-6(11)4-7(13)8(14)15/h6-7H,4-5,11H2,1-3H3,(H,12,16)(H,14,15). The highest BCUT2D eigenvalue weighted by Crippen LogP contribution is 2.17. The first kappa shape index (κ1) is 12.8. The van der Waals surface area contributed by atoms with Gasteiger partial charge in [0.25, 0.3) is 0 Å². The van der Waals surface area contributed by atoms with E-state index >= 15 is 0 Å². The summed E-state index contributed by atoms with van der Waals surface area (Å²) in [7, 11) is 0. The van der Waals surface area contributed by atoms with Crippen molar-refractivity contribution in [2.45, 2.75) is 44.8 Å². The van der Waals surface area contributed by atoms with Crippen LogP contribution >= 0.6 is 0 Å². The third kappa shape index (κ3) is 3.10. The van der Waals surface area contributed by atoms with Gasteiger partial charge in [0.1, 0.15) is 6.04 Å². The van der Waals surface area contributed by atoms with Crippen LogP contribution in [-0.2, 0) is 4.79 Å². The maximum Gasteiger partial charge on any atom is 0.326 e. The first-order valence-corrected chi connectivity index (χ1v) is 5.28. The topological polar surface area (TPSA) is 95.7 Å². The van der Waals surface area contributed by atoms with E-state index in [1.54, 1.807) is 0 Å². The van der Waals surface area contributed by atoms with Crippen molar-refractivity contribution < 1.29 is 14.7 Å². The minimum Gasteiger partial charge on any atom is -0.480 e. The molecule has 1 saturated heterocycles. The second kappa shape index (κ2) is 4.29. The quantitative estimate of drug-likeness (QED) is 0.589. The highest BCUT2D eigenvalue weighted by Gasteiger charge is 2.38. The molecule has 1 heterocycles. The third-order valence-corrected chi connectivity index (χ3v) is 2.36. The fraction of sp³-hybridized carbons (Fsp3) is 0.800. The van der Waals surface area contributed by atoms with Crippen molar-refractivity contribution in [3.63, 3.8) is 0 Å². The monoisotopic (exact) mass is 229 g/mol. The van der Waals surface area contributed by atoms with E-state index in [1.807, 2.05) is 20.8 Å². The van der Waals surface area contributed by atoms with Crippen LogP contribution in [0.1, 0.15) is 27.2 Å². The number of rotatable bonds is 1. The SMILES string of the molecule is CC(C)(C)NC(=O)N1CC(N)CC1C(=O)O. The van der Waals surface area contributed by atoms with Crippen LogP contribution in [0.25, 0.3) is 0 Å². The van der Waals surface area contributed by atoms with E-state index in [4.69, 9.17) is 10.8 Å². The number of amides is 2. The van der Waals surface area contributed by atoms with Crippen molar-refractivity contribution >= 4 is 12.0 Å². The minimum atomic E-state index is -1.00. The molecule has 92 valence electrons. The molecule has 4 N–H and O–H groups in total. The van der Waals surface area contributed by atoms with Gasteiger partial charge in [0.05, 0.1) is 0 Å². The number of nitrogens with zero attached hydrogens (tertiary/aromatic N) is 1. The average Bonchev–Trinajstić information content (AvgIpc) is 2.44. The van der Waals surface area contributed by atoms with E-state index in [2.05, 4.69) is 5.32 Å². The highest BCUT2D eigenvalue weighted by atomic mass is 16.4. The summed E-state index contributed by atoms with van der Waals surface area (Å²) in [5.74, 6) is -1.00. The number of carbonyl (C=O) groups excluding carboxylic acids is 1. The van der Waals surface area contributed by atoms with Gasteiger partial charge in [-0.3, -0.25) is 0 Å². The average molecular weight is 229 g/mol. The lowest BCUT2D eigenvalue weighted by atomic mass is 10.1. The van der Waals surface area contributed by atoms with Crippen LogP contribution < -0.4 is 11.1 Å². The Morgan fingerprint density at radius 1 is 1.44 bits per heavy atom. The van der Waals surface area contributed by atoms with E-state index in [9.17, 15) is 9.59 Å². The molecule has 6 heteroatoms. The van der Waals surface area contributed by atoms with E-state index in [-0.39, 0.29) is 17.6 Å². The van der Waals surface area contributed by atoms with Crippen LogP contribution in [0, 0.1) is 0 Å². The van der Waals surface area contributed by atoms with Crippen LogP contribution in [0.3, 0.4) is 0 Å². The van der Waals surface area contributed by atoms with Crippen LogP contribution in [0.15, 0.2) is 0 Å². The summed E-state index contributed by atoms with van der Waals surface area (Å²) in [6.45, 7) is 5.82. The van der Waals surface area contributed by atoms with Crippen LogP contribution in [0.4, 0.5) is 4.79 Å². The number of urea groups is 1. The first-order chi connectivity index (χ1) is 7.20. The summed E-state index contributed by atoms with van der Waals surface area (Å²) in [6, 6.07) is -1.43. The molecule has 0 bridgehead atoms. The third-order valence-electron chi connectivity index (χ3n) is 2.36. The lowest BCUT2D eigenvalue weighted by Crippen LogP contribution is -2.52. The number of hydrogen-bond acceptors (Lipinski definition) is 3. The molecule has 0 saturated carbocycles. The van der Waals surface area contributed by atoms with Crippen LogP contribution in [0.5, 0.6) is 0 Å². The molecule has 1 rings (SSSR count). The zero-order valence-corrected chi connectivity index (χ0v) is 9.86. The lowest BCUT2D eigenvalue weighted by molar-refractivity contribution is -0.141. The Labute approximate surface area is 94.8 Å². The summed E-state index contributed by atoms with van der Waals surface area (Å²) >= 11 is 0. The maximum absolute atomic E-state index is 11.8. The molecular weight excluding hydrogens is 210 g/mol. The summed E-state index contributed by atoms with van der Waals surface area (Å²) in [4.78, 5) is 24.1. The number of carboxylic acid groups (broad SMARTS) is 1. The van der Waals surface area contributed by atoms with Gasteiger partial charge in [-0.05, 0) is 27.2 Å². The van der Waals surface area contributed by atoms with E-state index in [1.165, 1.54) is 4.90 Å². The zero-order valence-electron chi connectivity index (χ0n) is 9.86. The first-order valence-electron chi connectivity index (χ1n) is 5.28. The molecule has 0 aromatic carbocycles. The molecule has 0 aromatic rings. The number of nitrogens with two attached hydrogens (primary N) is 1. The van der Waals surface area contributed by atoms with Gasteiger partial charge in [0.2, 0.25) is 0 Å². The van der Waals surface area contributed by atoms with Gasteiger partial charge in [0, 0.05) is 18.1 Å². The maximum atomic E-state index is 11.8. The molecule has 2 unspecified atom stereocenters. The number of hydrogen-bond donors (Lipinski definition) is 3. The molecule has 0 aromatic heterocycles. The van der Waals surface area contributed by atoms with Crippen LogP contribution in [-0.4, -0.2) is 46.2 Å². The van der Waals surface area contributed by atoms with Crippen molar-refractivity contribution in [1.29, 1.82) is 0 Å². The molecule has 1 aliphatic rings. The van der Waals surface area contributed by atoms with Crippen molar-refractivity contribution in [2.24, 2.45) is 5.73 Å². The number of aliphatic carboxylic acids is 1. The predicted molar refractivity (Wildman–Crippen MR) is 59.0 cm³/mol. The number of carboxylic acids is 1. The van der Waals surface area contributed by atoms with Gasteiger partial charge < -0.3 is 21.1 Å². The zero-order chi connectivity index (χ0) is 12.5. The van der Waals surface area contributed by atoms with Gasteiger partial charge >= 0.3 is 12.0 Å². The van der Waals surface area contributed by atoms with Crippen molar-refractivity contribution in [3.8, 4) is 0 Å². The fourth-order valence-corrected chi connectivity index (χ4v) is 1.72. The Morgan fingerprint density at radius 3 is 2.44 bits per heavy atom. The van der Waals surface area contributed by atoms with Gasteiger partial charge in [-0.15, -0.1) is 0 Å². The summed E-state index contributed by atoms with van der Waals surface area (Å²) in [6.07, 6.45) is 0.312. The summed E-state index contributed by atoms with van der Waals surface area (Å²) in [5.41, 5.74) is 5.29. The summed E-state index contributed by atoms with van der Waals surface area (Å²) in [5, 5.41) is 11.7. The Balaban J connectivity index is 2.71. The summed E-state index contributed by atoms with van der Waals surface area (Å²) < 4.78 is 0. The Morgan fingerprint density at radius 2 is 2.00 bits per heavy atom. The number of nitrogens with one attached hydrogen (secondary N) is 1. The normalized spacial score (nSPS) is 25.6. The largest absolute Gasteiger partial charge is 0.480 e. The van der Waals surface area contributed by atoms with E-state index < -0.39 is 12.0 Å². The van der Waals surface area contributed by atoms with Gasteiger partial charge in [0.15, 0.2) is 0 Å². The van der Waals surface area contributed by atoms with E-state index in [0.717, 1.165) is 0 Å². The van der Waals surface area contributed by atoms with Gasteiger partial charge in [-0.25, -0.2) is 9.59 Å². The molecule has 2 amide bonds. The smallest absolute Gasteiger partial charge is 0.326 e. The number of likely N-dealkylation sites (tertiary alicyclic amines) is 1. The molecule has 0 spiro atoms. The Bertz CT molecular complexity index is 298. The van der Waals surface area contributed by atoms with Gasteiger partial charge in [-0.1, -0.05) is 0 Å². The molecule has 2 atom stereocenters. The molecular formula is C10H19N3O3. The number of carbonyl (C=O) groups is 2. The Kier molecular flexibility index (Phi) is 3.42. The van der Waals surface area contributed by atoms with Crippen molar-refractivity contribution in [3.05, 3.63) is 0 Å². The molecule has 0 aliphatic carbocycles. The molecule has 1 fully saturated rings. The lowest BCUT2D eigenvalue weighted by Gasteiger charge is -2.27. The fourth-order valence-electron chi connectivity index (χ4n) is 1.72. The Hall–Kier alpha value is -1.30. The van der Waals surface area contributed by atoms with Crippen LogP contribution in [0.2, 0.25) is 0 Å². The molecule has 1 aliphatic heterocycles.